The Morgan fingerprint density at radius 1 is 1.09 bits per heavy atom. The number of Topliss-reactive ketones (excluding diaryl/α,β-unsaturated/α-hetero) is 1. The average molecular weight is 379 g/mol. The normalized spacial score (nSPS) is 10.0. The maximum atomic E-state index is 12.2. The topological polar surface area (TPSA) is 61.8 Å². The number of halogens is 1. The number of carbonyl (C=O) groups is 2. The lowest BCUT2D eigenvalue weighted by Gasteiger charge is -2.12. The van der Waals surface area contributed by atoms with Gasteiger partial charge in [0.2, 0.25) is 0 Å². The summed E-state index contributed by atoms with van der Waals surface area (Å²) >= 11 is 3.31. The van der Waals surface area contributed by atoms with Crippen LogP contribution in [0.5, 0.6) is 17.2 Å². The van der Waals surface area contributed by atoms with E-state index in [1.165, 1.54) is 7.11 Å². The second-order valence-electron chi connectivity index (χ2n) is 4.59. The van der Waals surface area contributed by atoms with Crippen molar-refractivity contribution in [2.24, 2.45) is 0 Å². The van der Waals surface area contributed by atoms with E-state index in [0.29, 0.717) is 39.1 Å². The van der Waals surface area contributed by atoms with Crippen LogP contribution in [0.4, 0.5) is 0 Å². The molecule has 0 saturated carbocycles. The highest BCUT2D eigenvalue weighted by molar-refractivity contribution is 9.10. The predicted octanol–water partition coefficient (Wildman–Crippen LogP) is 3.54. The Morgan fingerprint density at radius 3 is 2.30 bits per heavy atom. The van der Waals surface area contributed by atoms with E-state index in [2.05, 4.69) is 15.9 Å². The third-order valence-electron chi connectivity index (χ3n) is 3.17. The number of ketones is 1. The molecule has 6 heteroatoms. The zero-order chi connectivity index (χ0) is 16.8. The van der Waals surface area contributed by atoms with Crippen LogP contribution < -0.4 is 14.2 Å². The summed E-state index contributed by atoms with van der Waals surface area (Å²) < 4.78 is 16.2. The molecule has 0 N–H and O–H groups in total. The first-order valence-electron chi connectivity index (χ1n) is 6.71. The molecule has 0 aliphatic carbocycles. The van der Waals surface area contributed by atoms with Gasteiger partial charge in [0.1, 0.15) is 17.2 Å². The van der Waals surface area contributed by atoms with Gasteiger partial charge < -0.3 is 14.2 Å². The van der Waals surface area contributed by atoms with Crippen LogP contribution in [0, 0.1) is 0 Å². The highest BCUT2D eigenvalue weighted by atomic mass is 79.9. The number of hydrogen-bond acceptors (Lipinski definition) is 5. The third kappa shape index (κ3) is 4.10. The molecule has 0 aliphatic heterocycles. The summed E-state index contributed by atoms with van der Waals surface area (Å²) in [5.74, 6) is 1.30. The molecule has 120 valence electrons. The molecule has 0 amide bonds. The number of ether oxygens (including phenoxy) is 3. The van der Waals surface area contributed by atoms with E-state index in [9.17, 15) is 9.59 Å². The molecule has 2 rings (SSSR count). The van der Waals surface area contributed by atoms with Crippen LogP contribution >= 0.6 is 15.9 Å². The summed E-state index contributed by atoms with van der Waals surface area (Å²) in [6, 6.07) is 9.94. The molecule has 0 radical (unpaired) electrons. The van der Waals surface area contributed by atoms with Crippen molar-refractivity contribution in [3.05, 3.63) is 52.0 Å². The van der Waals surface area contributed by atoms with Gasteiger partial charge in [-0.25, -0.2) is 0 Å². The summed E-state index contributed by atoms with van der Waals surface area (Å²) in [7, 11) is 3.06. The molecular weight excluding hydrogens is 364 g/mol. The lowest BCUT2D eigenvalue weighted by molar-refractivity contribution is 0.0917. The smallest absolute Gasteiger partial charge is 0.200 e. The van der Waals surface area contributed by atoms with Gasteiger partial charge in [-0.1, -0.05) is 0 Å². The van der Waals surface area contributed by atoms with Gasteiger partial charge in [-0.3, -0.25) is 9.59 Å². The number of aldehydes is 1. The Bertz CT molecular complexity index is 710. The molecule has 0 atom stereocenters. The Hall–Kier alpha value is -2.34. The minimum Gasteiger partial charge on any atom is -0.497 e. The highest BCUT2D eigenvalue weighted by Gasteiger charge is 2.14. The van der Waals surface area contributed by atoms with Gasteiger partial charge in [-0.05, 0) is 52.3 Å². The summed E-state index contributed by atoms with van der Waals surface area (Å²) in [6.45, 7) is -0.182. The Kier molecular flexibility index (Phi) is 5.76. The van der Waals surface area contributed by atoms with E-state index in [-0.39, 0.29) is 12.4 Å². The van der Waals surface area contributed by atoms with Crippen molar-refractivity contribution < 1.29 is 23.8 Å². The lowest BCUT2D eigenvalue weighted by atomic mass is 10.1. The van der Waals surface area contributed by atoms with Crippen LogP contribution in [0.2, 0.25) is 0 Å². The Morgan fingerprint density at radius 2 is 1.74 bits per heavy atom. The van der Waals surface area contributed by atoms with Crippen LogP contribution in [0.1, 0.15) is 20.7 Å². The molecule has 2 aromatic carbocycles. The van der Waals surface area contributed by atoms with E-state index in [1.54, 1.807) is 43.5 Å². The van der Waals surface area contributed by atoms with Gasteiger partial charge in [0.15, 0.2) is 18.7 Å². The van der Waals surface area contributed by atoms with Gasteiger partial charge in [-0.15, -0.1) is 0 Å². The number of benzene rings is 2. The third-order valence-corrected chi connectivity index (χ3v) is 3.76. The molecule has 0 aromatic heterocycles. The molecule has 0 unspecified atom stereocenters. The van der Waals surface area contributed by atoms with Crippen molar-refractivity contribution in [2.75, 3.05) is 20.8 Å². The maximum absolute atomic E-state index is 12.2. The molecule has 0 spiro atoms. The number of hydrogen-bond donors (Lipinski definition) is 0. The van der Waals surface area contributed by atoms with Crippen molar-refractivity contribution in [3.63, 3.8) is 0 Å². The minimum atomic E-state index is -0.202. The van der Waals surface area contributed by atoms with Crippen LogP contribution in [0.3, 0.4) is 0 Å². The molecule has 0 heterocycles. The Balaban J connectivity index is 2.13. The van der Waals surface area contributed by atoms with Crippen molar-refractivity contribution in [1.82, 2.24) is 0 Å². The maximum Gasteiger partial charge on any atom is 0.200 e. The standard InChI is InChI=1S/C17H15BrO5/c1-21-13-5-3-11(4-6-13)16(20)10-23-17-12(9-19)7-14(22-2)8-15(17)18/h3-9H,10H2,1-2H3. The number of carbonyl (C=O) groups excluding carboxylic acids is 2. The first-order chi connectivity index (χ1) is 11.1. The van der Waals surface area contributed by atoms with Gasteiger partial charge >= 0.3 is 0 Å². The van der Waals surface area contributed by atoms with Crippen LogP contribution in [0.25, 0.3) is 0 Å². The van der Waals surface area contributed by atoms with E-state index < -0.39 is 0 Å². The fraction of sp³-hybridized carbons (Fsp3) is 0.176. The van der Waals surface area contributed by atoms with Gasteiger partial charge in [0, 0.05) is 5.56 Å². The molecule has 23 heavy (non-hydrogen) atoms. The van der Waals surface area contributed by atoms with Gasteiger partial charge in [0.25, 0.3) is 0 Å². The molecule has 2 aromatic rings. The van der Waals surface area contributed by atoms with Crippen molar-refractivity contribution in [3.8, 4) is 17.2 Å². The van der Waals surface area contributed by atoms with Crippen molar-refractivity contribution in [2.45, 2.75) is 0 Å². The zero-order valence-electron chi connectivity index (χ0n) is 12.7. The Labute approximate surface area is 142 Å². The van der Waals surface area contributed by atoms with Gasteiger partial charge in [0.05, 0.1) is 24.3 Å². The van der Waals surface area contributed by atoms with E-state index in [4.69, 9.17) is 14.2 Å². The number of methoxy groups -OCH3 is 2. The van der Waals surface area contributed by atoms with E-state index in [0.717, 1.165) is 0 Å². The van der Waals surface area contributed by atoms with Crippen LogP contribution in [0.15, 0.2) is 40.9 Å². The molecule has 5 nitrogen and oxygen atoms in total. The van der Waals surface area contributed by atoms with Gasteiger partial charge in [-0.2, -0.15) is 0 Å². The van der Waals surface area contributed by atoms with Crippen molar-refractivity contribution >= 4 is 28.0 Å². The second kappa shape index (κ2) is 7.78. The van der Waals surface area contributed by atoms with E-state index in [1.807, 2.05) is 0 Å². The molecule has 0 saturated heterocycles. The molecular formula is C17H15BrO5. The zero-order valence-corrected chi connectivity index (χ0v) is 14.3. The van der Waals surface area contributed by atoms with Crippen molar-refractivity contribution in [1.29, 1.82) is 0 Å². The summed E-state index contributed by atoms with van der Waals surface area (Å²) in [4.78, 5) is 23.3. The highest BCUT2D eigenvalue weighted by Crippen LogP contribution is 2.33. The summed E-state index contributed by atoms with van der Waals surface area (Å²) in [5, 5.41) is 0. The second-order valence-corrected chi connectivity index (χ2v) is 5.44. The monoisotopic (exact) mass is 378 g/mol. The molecule has 0 fully saturated rings. The lowest BCUT2D eigenvalue weighted by Crippen LogP contribution is -2.12. The van der Waals surface area contributed by atoms with Crippen LogP contribution in [-0.2, 0) is 0 Å². The molecule has 0 bridgehead atoms. The predicted molar refractivity (Wildman–Crippen MR) is 88.9 cm³/mol. The largest absolute Gasteiger partial charge is 0.497 e. The summed E-state index contributed by atoms with van der Waals surface area (Å²) in [6.07, 6.45) is 0.653. The number of rotatable bonds is 7. The van der Waals surface area contributed by atoms with Crippen LogP contribution in [-0.4, -0.2) is 32.9 Å². The fourth-order valence-corrected chi connectivity index (χ4v) is 2.51. The summed E-state index contributed by atoms with van der Waals surface area (Å²) in [5.41, 5.74) is 0.807. The molecule has 0 aliphatic rings. The first kappa shape index (κ1) is 17.0. The van der Waals surface area contributed by atoms with E-state index >= 15 is 0 Å². The SMILES string of the molecule is COc1ccc(C(=O)COc2c(Br)cc(OC)cc2C=O)cc1. The fourth-order valence-electron chi connectivity index (χ4n) is 1.94. The minimum absolute atomic E-state index is 0.182. The first-order valence-corrected chi connectivity index (χ1v) is 7.51. The average Bonchev–Trinajstić information content (AvgIpc) is 2.59. The quantitative estimate of drug-likeness (QED) is 0.544.